The Bertz CT molecular complexity index is 620. The fraction of sp³-hybridized carbons (Fsp3) is 0.429. The van der Waals surface area contributed by atoms with Crippen molar-refractivity contribution >= 4 is 0 Å². The molecule has 2 N–H and O–H groups in total. The van der Waals surface area contributed by atoms with Crippen LogP contribution in [-0.4, -0.2) is 13.7 Å². The molecule has 3 rings (SSSR count). The Morgan fingerprint density at radius 2 is 1.65 bits per heavy atom. The van der Waals surface area contributed by atoms with Gasteiger partial charge in [-0.3, -0.25) is 0 Å². The Labute approximate surface area is 139 Å². The molecular formula is C21H27NO. The minimum Gasteiger partial charge on any atom is -0.497 e. The molecule has 2 atom stereocenters. The molecule has 0 aliphatic heterocycles. The van der Waals surface area contributed by atoms with E-state index >= 15 is 0 Å². The second kappa shape index (κ2) is 7.65. The van der Waals surface area contributed by atoms with E-state index in [0.29, 0.717) is 11.8 Å². The highest BCUT2D eigenvalue weighted by Gasteiger charge is 2.29. The van der Waals surface area contributed by atoms with Crippen molar-refractivity contribution in [2.75, 3.05) is 13.7 Å². The molecule has 1 aliphatic carbocycles. The standard InChI is InChI=1S/C21H27NO/c1-23-18-12-10-17(11-13-18)20-8-4-5-9-21(20)19-7-3-2-6-16(19)14-15-22/h2-3,6-7,10-13,20-21H,4-5,8-9,14-15,22H2,1H3. The van der Waals surface area contributed by atoms with E-state index in [2.05, 4.69) is 48.5 Å². The summed E-state index contributed by atoms with van der Waals surface area (Å²) in [4.78, 5) is 0. The topological polar surface area (TPSA) is 35.2 Å². The minimum atomic E-state index is 0.605. The number of nitrogens with two attached hydrogens (primary N) is 1. The van der Waals surface area contributed by atoms with Gasteiger partial charge in [0.2, 0.25) is 0 Å². The predicted octanol–water partition coefficient (Wildman–Crippen LogP) is 4.64. The zero-order valence-electron chi connectivity index (χ0n) is 14.0. The van der Waals surface area contributed by atoms with Crippen LogP contribution in [0.4, 0.5) is 0 Å². The van der Waals surface area contributed by atoms with Crippen LogP contribution >= 0.6 is 0 Å². The summed E-state index contributed by atoms with van der Waals surface area (Å²) in [6.45, 7) is 0.719. The first-order valence-electron chi connectivity index (χ1n) is 8.75. The lowest BCUT2D eigenvalue weighted by molar-refractivity contribution is 0.383. The molecule has 2 unspecified atom stereocenters. The van der Waals surface area contributed by atoms with Gasteiger partial charge in [-0.1, -0.05) is 49.2 Å². The van der Waals surface area contributed by atoms with Crippen molar-refractivity contribution in [2.45, 2.75) is 43.9 Å². The molecule has 0 spiro atoms. The van der Waals surface area contributed by atoms with Crippen molar-refractivity contribution in [3.8, 4) is 5.75 Å². The maximum absolute atomic E-state index is 5.82. The van der Waals surface area contributed by atoms with Crippen molar-refractivity contribution in [3.05, 3.63) is 65.2 Å². The largest absolute Gasteiger partial charge is 0.497 e. The van der Waals surface area contributed by atoms with E-state index in [-0.39, 0.29) is 0 Å². The molecule has 0 heterocycles. The lowest BCUT2D eigenvalue weighted by Gasteiger charge is -2.33. The zero-order chi connectivity index (χ0) is 16.1. The molecule has 0 saturated heterocycles. The van der Waals surface area contributed by atoms with Gasteiger partial charge in [0.1, 0.15) is 5.75 Å². The molecule has 2 heteroatoms. The Kier molecular flexibility index (Phi) is 5.35. The lowest BCUT2D eigenvalue weighted by Crippen LogP contribution is -2.18. The van der Waals surface area contributed by atoms with Crippen molar-refractivity contribution in [3.63, 3.8) is 0 Å². The van der Waals surface area contributed by atoms with Crippen LogP contribution in [0.15, 0.2) is 48.5 Å². The summed E-state index contributed by atoms with van der Waals surface area (Å²) in [5.41, 5.74) is 10.2. The summed E-state index contributed by atoms with van der Waals surface area (Å²) in [7, 11) is 1.72. The second-order valence-electron chi connectivity index (χ2n) is 6.51. The Hall–Kier alpha value is -1.80. The maximum atomic E-state index is 5.82. The fourth-order valence-electron chi connectivity index (χ4n) is 4.03. The van der Waals surface area contributed by atoms with Crippen LogP contribution in [-0.2, 0) is 6.42 Å². The SMILES string of the molecule is COc1ccc(C2CCCCC2c2ccccc2CCN)cc1. The van der Waals surface area contributed by atoms with Gasteiger partial charge in [-0.25, -0.2) is 0 Å². The van der Waals surface area contributed by atoms with Gasteiger partial charge in [-0.05, 0) is 66.5 Å². The molecule has 2 aromatic carbocycles. The fourth-order valence-corrected chi connectivity index (χ4v) is 4.03. The van der Waals surface area contributed by atoms with Crippen LogP contribution in [0.5, 0.6) is 5.75 Å². The molecule has 23 heavy (non-hydrogen) atoms. The van der Waals surface area contributed by atoms with E-state index in [1.54, 1.807) is 7.11 Å². The molecular weight excluding hydrogens is 282 g/mol. The number of benzene rings is 2. The number of methoxy groups -OCH3 is 1. The molecule has 0 aromatic heterocycles. The molecule has 1 saturated carbocycles. The highest BCUT2D eigenvalue weighted by molar-refractivity contribution is 5.37. The molecule has 122 valence electrons. The summed E-state index contributed by atoms with van der Waals surface area (Å²) in [6.07, 6.45) is 6.18. The minimum absolute atomic E-state index is 0.605. The van der Waals surface area contributed by atoms with Gasteiger partial charge in [0.15, 0.2) is 0 Å². The van der Waals surface area contributed by atoms with Crippen LogP contribution in [0.25, 0.3) is 0 Å². The third-order valence-corrected chi connectivity index (χ3v) is 5.18. The van der Waals surface area contributed by atoms with E-state index in [4.69, 9.17) is 10.5 Å². The van der Waals surface area contributed by atoms with Gasteiger partial charge in [-0.15, -0.1) is 0 Å². The van der Waals surface area contributed by atoms with Crippen LogP contribution in [0.2, 0.25) is 0 Å². The molecule has 0 bridgehead atoms. The molecule has 1 fully saturated rings. The predicted molar refractivity (Wildman–Crippen MR) is 96.1 cm³/mol. The zero-order valence-corrected chi connectivity index (χ0v) is 14.0. The van der Waals surface area contributed by atoms with Gasteiger partial charge >= 0.3 is 0 Å². The number of rotatable bonds is 5. The van der Waals surface area contributed by atoms with Crippen molar-refractivity contribution in [2.24, 2.45) is 5.73 Å². The van der Waals surface area contributed by atoms with Gasteiger partial charge in [0, 0.05) is 0 Å². The Morgan fingerprint density at radius 3 is 2.35 bits per heavy atom. The monoisotopic (exact) mass is 309 g/mol. The average molecular weight is 309 g/mol. The summed E-state index contributed by atoms with van der Waals surface area (Å²) in [6, 6.07) is 17.6. The first kappa shape index (κ1) is 16.1. The Balaban J connectivity index is 1.92. The maximum Gasteiger partial charge on any atom is 0.118 e. The van der Waals surface area contributed by atoms with Crippen molar-refractivity contribution in [1.29, 1.82) is 0 Å². The van der Waals surface area contributed by atoms with Crippen LogP contribution in [0, 0.1) is 0 Å². The normalized spacial score (nSPS) is 21.1. The summed E-state index contributed by atoms with van der Waals surface area (Å²) in [5, 5.41) is 0. The average Bonchev–Trinajstić information content (AvgIpc) is 2.63. The first-order valence-corrected chi connectivity index (χ1v) is 8.75. The molecule has 2 aromatic rings. The van der Waals surface area contributed by atoms with E-state index in [9.17, 15) is 0 Å². The second-order valence-corrected chi connectivity index (χ2v) is 6.51. The summed E-state index contributed by atoms with van der Waals surface area (Å²) >= 11 is 0. The number of hydrogen-bond donors (Lipinski definition) is 1. The lowest BCUT2D eigenvalue weighted by atomic mass is 9.71. The van der Waals surface area contributed by atoms with Crippen LogP contribution in [0.3, 0.4) is 0 Å². The number of hydrogen-bond acceptors (Lipinski definition) is 2. The van der Waals surface area contributed by atoms with E-state index in [1.165, 1.54) is 42.4 Å². The van der Waals surface area contributed by atoms with Crippen molar-refractivity contribution in [1.82, 2.24) is 0 Å². The van der Waals surface area contributed by atoms with Crippen LogP contribution < -0.4 is 10.5 Å². The van der Waals surface area contributed by atoms with Gasteiger partial charge < -0.3 is 10.5 Å². The van der Waals surface area contributed by atoms with E-state index in [0.717, 1.165) is 18.7 Å². The summed E-state index contributed by atoms with van der Waals surface area (Å²) < 4.78 is 5.31. The van der Waals surface area contributed by atoms with E-state index < -0.39 is 0 Å². The molecule has 1 aliphatic rings. The van der Waals surface area contributed by atoms with Gasteiger partial charge in [-0.2, -0.15) is 0 Å². The molecule has 2 nitrogen and oxygen atoms in total. The van der Waals surface area contributed by atoms with Gasteiger partial charge in [0.25, 0.3) is 0 Å². The van der Waals surface area contributed by atoms with Crippen LogP contribution in [0.1, 0.15) is 54.2 Å². The highest BCUT2D eigenvalue weighted by atomic mass is 16.5. The Morgan fingerprint density at radius 1 is 0.957 bits per heavy atom. The van der Waals surface area contributed by atoms with Gasteiger partial charge in [0.05, 0.1) is 7.11 Å². The highest BCUT2D eigenvalue weighted by Crippen LogP contribution is 2.45. The van der Waals surface area contributed by atoms with E-state index in [1.807, 2.05) is 0 Å². The molecule has 0 radical (unpaired) electrons. The smallest absolute Gasteiger partial charge is 0.118 e. The third kappa shape index (κ3) is 3.59. The quantitative estimate of drug-likeness (QED) is 0.873. The number of ether oxygens (including phenoxy) is 1. The van der Waals surface area contributed by atoms with Crippen molar-refractivity contribution < 1.29 is 4.74 Å². The first-order chi connectivity index (χ1) is 11.3. The molecule has 0 amide bonds. The summed E-state index contributed by atoms with van der Waals surface area (Å²) in [5.74, 6) is 2.15. The third-order valence-electron chi connectivity index (χ3n) is 5.18.